The molecule has 2 amide bonds. The molecule has 0 bridgehead atoms. The lowest BCUT2D eigenvalue weighted by Gasteiger charge is -2.20. The third-order valence-corrected chi connectivity index (χ3v) is 6.76. The molecule has 9 heteroatoms. The maximum Gasteiger partial charge on any atom is 0.277 e. The first kappa shape index (κ1) is 24.1. The van der Waals surface area contributed by atoms with Crippen LogP contribution >= 0.6 is 0 Å². The summed E-state index contributed by atoms with van der Waals surface area (Å²) in [6.07, 6.45) is 0. The number of benzene rings is 1. The van der Waals surface area contributed by atoms with E-state index in [2.05, 4.69) is 0 Å². The average Bonchev–Trinajstić information content (AvgIpc) is 2.66. The maximum absolute atomic E-state index is 12.5. The van der Waals surface area contributed by atoms with Crippen LogP contribution in [0.1, 0.15) is 32.4 Å². The normalized spacial score (nSPS) is 12.7. The van der Waals surface area contributed by atoms with E-state index in [1.54, 1.807) is 45.4 Å². The van der Waals surface area contributed by atoms with Crippen molar-refractivity contribution in [3.8, 4) is 0 Å². The maximum atomic E-state index is 12.5. The van der Waals surface area contributed by atoms with Crippen molar-refractivity contribution in [2.24, 2.45) is 0 Å². The Kier molecular flexibility index (Phi) is 9.06. The highest BCUT2D eigenvalue weighted by Gasteiger charge is 2.22. The van der Waals surface area contributed by atoms with E-state index in [0.29, 0.717) is 13.1 Å². The number of quaternary nitrogens is 1. The summed E-state index contributed by atoms with van der Waals surface area (Å²) in [4.78, 5) is 27.0. The molecule has 28 heavy (non-hydrogen) atoms. The van der Waals surface area contributed by atoms with Crippen molar-refractivity contribution in [3.63, 3.8) is 0 Å². The van der Waals surface area contributed by atoms with Gasteiger partial charge in [0.1, 0.15) is 6.04 Å². The topological polar surface area (TPSA) is 94.6 Å². The molecule has 0 spiro atoms. The van der Waals surface area contributed by atoms with Crippen LogP contribution < -0.4 is 5.32 Å². The Balaban J connectivity index is 2.70. The summed E-state index contributed by atoms with van der Waals surface area (Å²) in [5.74, 6) is -0.267. The summed E-state index contributed by atoms with van der Waals surface area (Å²) >= 11 is 0. The fourth-order valence-electron chi connectivity index (χ4n) is 2.66. The zero-order valence-corrected chi connectivity index (χ0v) is 18.5. The van der Waals surface area contributed by atoms with Gasteiger partial charge in [0, 0.05) is 39.8 Å². The molecular weight excluding hydrogens is 380 g/mol. The standard InChI is InChI=1S/C19H32N4O4S/c1-7-23(8-2)28(26,27)17-11-9-16(10-12-17)15(3)20-13-18(24)22(6)14-19(25)21(4)5/h9-12,15,20H,7-8,13-14H2,1-6H3/p+1/t15-/m0/s1. The van der Waals surface area contributed by atoms with E-state index in [4.69, 9.17) is 0 Å². The molecule has 0 unspecified atom stereocenters. The predicted octanol–water partition coefficient (Wildman–Crippen LogP) is -0.112. The first-order valence-corrected chi connectivity index (χ1v) is 10.9. The molecule has 0 radical (unpaired) electrons. The van der Waals surface area contributed by atoms with Crippen LogP contribution in [0.5, 0.6) is 0 Å². The number of carbonyl (C=O) groups is 2. The second-order valence-electron chi connectivity index (χ2n) is 6.92. The Morgan fingerprint density at radius 2 is 1.54 bits per heavy atom. The third kappa shape index (κ3) is 6.29. The van der Waals surface area contributed by atoms with Crippen molar-refractivity contribution >= 4 is 21.8 Å². The van der Waals surface area contributed by atoms with Gasteiger partial charge in [0.25, 0.3) is 5.91 Å². The molecule has 0 fully saturated rings. The molecule has 0 aliphatic heterocycles. The van der Waals surface area contributed by atoms with E-state index >= 15 is 0 Å². The van der Waals surface area contributed by atoms with Gasteiger partial charge in [0.05, 0.1) is 11.4 Å². The van der Waals surface area contributed by atoms with Gasteiger partial charge in [-0.2, -0.15) is 4.31 Å². The van der Waals surface area contributed by atoms with Gasteiger partial charge < -0.3 is 15.1 Å². The summed E-state index contributed by atoms with van der Waals surface area (Å²) < 4.78 is 26.5. The van der Waals surface area contributed by atoms with Crippen LogP contribution in [0.25, 0.3) is 0 Å². The molecule has 158 valence electrons. The first-order chi connectivity index (χ1) is 13.0. The lowest BCUT2D eigenvalue weighted by atomic mass is 10.1. The number of carbonyl (C=O) groups excluding carboxylic acids is 2. The van der Waals surface area contributed by atoms with Crippen molar-refractivity contribution in [2.75, 3.05) is 47.3 Å². The van der Waals surface area contributed by atoms with Crippen molar-refractivity contribution in [1.29, 1.82) is 0 Å². The number of amides is 2. The summed E-state index contributed by atoms with van der Waals surface area (Å²) in [5, 5.41) is 1.87. The number of hydrogen-bond acceptors (Lipinski definition) is 4. The Hall–Kier alpha value is -1.97. The summed E-state index contributed by atoms with van der Waals surface area (Å²) in [5.41, 5.74) is 0.929. The van der Waals surface area contributed by atoms with E-state index in [1.165, 1.54) is 14.1 Å². The molecule has 0 aliphatic rings. The molecule has 0 aliphatic carbocycles. The molecule has 2 N–H and O–H groups in total. The smallest absolute Gasteiger partial charge is 0.277 e. The van der Waals surface area contributed by atoms with Crippen molar-refractivity contribution < 1.29 is 23.3 Å². The van der Waals surface area contributed by atoms with E-state index in [0.717, 1.165) is 5.56 Å². The van der Waals surface area contributed by atoms with Gasteiger partial charge in [-0.3, -0.25) is 9.59 Å². The second kappa shape index (κ2) is 10.5. The van der Waals surface area contributed by atoms with Crippen LogP contribution in [0.2, 0.25) is 0 Å². The van der Waals surface area contributed by atoms with E-state index in [9.17, 15) is 18.0 Å². The summed E-state index contributed by atoms with van der Waals surface area (Å²) in [6.45, 7) is 6.68. The molecular formula is C19H33N4O4S+. The van der Waals surface area contributed by atoms with E-state index in [1.807, 2.05) is 26.1 Å². The molecule has 0 saturated heterocycles. The van der Waals surface area contributed by atoms with Crippen LogP contribution in [0.4, 0.5) is 0 Å². The van der Waals surface area contributed by atoms with Gasteiger partial charge in [-0.25, -0.2) is 8.42 Å². The van der Waals surface area contributed by atoms with Crippen molar-refractivity contribution in [3.05, 3.63) is 29.8 Å². The molecule has 0 aromatic heterocycles. The molecule has 1 atom stereocenters. The second-order valence-corrected chi connectivity index (χ2v) is 8.86. The fourth-order valence-corrected chi connectivity index (χ4v) is 4.12. The number of nitrogens with zero attached hydrogens (tertiary/aromatic N) is 3. The Morgan fingerprint density at radius 3 is 2.00 bits per heavy atom. The molecule has 1 aromatic carbocycles. The minimum Gasteiger partial charge on any atom is -0.347 e. The van der Waals surface area contributed by atoms with Gasteiger partial charge in [-0.15, -0.1) is 0 Å². The molecule has 1 rings (SSSR count). The molecule has 8 nitrogen and oxygen atoms in total. The zero-order valence-electron chi connectivity index (χ0n) is 17.7. The average molecular weight is 414 g/mol. The Morgan fingerprint density at radius 1 is 1.00 bits per heavy atom. The van der Waals surface area contributed by atoms with E-state index in [-0.39, 0.29) is 35.8 Å². The quantitative estimate of drug-likeness (QED) is 0.579. The van der Waals surface area contributed by atoms with Crippen LogP contribution in [0.15, 0.2) is 29.2 Å². The highest BCUT2D eigenvalue weighted by atomic mass is 32.2. The molecule has 0 saturated carbocycles. The number of nitrogens with two attached hydrogens (primary N) is 1. The van der Waals surface area contributed by atoms with Gasteiger partial charge in [0.15, 0.2) is 6.54 Å². The Bertz CT molecular complexity index is 759. The van der Waals surface area contributed by atoms with Gasteiger partial charge in [-0.05, 0) is 19.1 Å². The summed E-state index contributed by atoms with van der Waals surface area (Å²) in [7, 11) is 1.44. The first-order valence-electron chi connectivity index (χ1n) is 9.42. The fraction of sp³-hybridized carbons (Fsp3) is 0.579. The van der Waals surface area contributed by atoms with Gasteiger partial charge in [0.2, 0.25) is 15.9 Å². The number of rotatable bonds is 10. The predicted molar refractivity (Wildman–Crippen MR) is 108 cm³/mol. The van der Waals surface area contributed by atoms with Crippen LogP contribution in [0, 0.1) is 0 Å². The minimum absolute atomic E-state index is 0.0212. The van der Waals surface area contributed by atoms with Crippen molar-refractivity contribution in [2.45, 2.75) is 31.7 Å². The number of hydrogen-bond donors (Lipinski definition) is 1. The minimum atomic E-state index is -3.47. The Labute approximate surface area is 168 Å². The van der Waals surface area contributed by atoms with Crippen LogP contribution in [-0.4, -0.2) is 81.7 Å². The molecule has 1 aromatic rings. The molecule has 0 heterocycles. The number of likely N-dealkylation sites (N-methyl/N-ethyl adjacent to an activating group) is 2. The van der Waals surface area contributed by atoms with Crippen LogP contribution in [-0.2, 0) is 19.6 Å². The lowest BCUT2D eigenvalue weighted by molar-refractivity contribution is -0.683. The van der Waals surface area contributed by atoms with Gasteiger partial charge >= 0.3 is 0 Å². The van der Waals surface area contributed by atoms with Crippen LogP contribution in [0.3, 0.4) is 0 Å². The third-order valence-electron chi connectivity index (χ3n) is 4.69. The monoisotopic (exact) mass is 413 g/mol. The lowest BCUT2D eigenvalue weighted by Crippen LogP contribution is -2.87. The SMILES string of the molecule is CCN(CC)S(=O)(=O)c1ccc([C@H](C)[NH2+]CC(=O)N(C)CC(=O)N(C)C)cc1. The number of sulfonamides is 1. The highest BCUT2D eigenvalue weighted by Crippen LogP contribution is 2.18. The highest BCUT2D eigenvalue weighted by molar-refractivity contribution is 7.89. The van der Waals surface area contributed by atoms with Gasteiger partial charge in [-0.1, -0.05) is 26.0 Å². The van der Waals surface area contributed by atoms with E-state index < -0.39 is 10.0 Å². The van der Waals surface area contributed by atoms with Crippen molar-refractivity contribution in [1.82, 2.24) is 14.1 Å². The zero-order chi connectivity index (χ0) is 21.5. The largest absolute Gasteiger partial charge is 0.347 e. The summed E-state index contributed by atoms with van der Waals surface area (Å²) in [6, 6.07) is 6.75.